The van der Waals surface area contributed by atoms with E-state index in [0.717, 1.165) is 12.1 Å². The van der Waals surface area contributed by atoms with Gasteiger partial charge in [0.25, 0.3) is 0 Å². The second-order valence-corrected chi connectivity index (χ2v) is 6.38. The minimum atomic E-state index is -4.38. The Bertz CT molecular complexity index is 539. The predicted octanol–water partition coefficient (Wildman–Crippen LogP) is 3.22. The summed E-state index contributed by atoms with van der Waals surface area (Å²) in [5, 5.41) is 12.3. The van der Waals surface area contributed by atoms with Gasteiger partial charge in [-0.2, -0.15) is 13.2 Å². The van der Waals surface area contributed by atoms with E-state index in [2.05, 4.69) is 5.32 Å². The number of carbonyl (C=O) groups is 1. The van der Waals surface area contributed by atoms with E-state index in [1.54, 1.807) is 33.9 Å². The number of urea groups is 1. The zero-order chi connectivity index (χ0) is 17.8. The highest BCUT2D eigenvalue weighted by Gasteiger charge is 2.30. The maximum atomic E-state index is 12.7. The van der Waals surface area contributed by atoms with Crippen LogP contribution in [0.2, 0.25) is 0 Å². The summed E-state index contributed by atoms with van der Waals surface area (Å²) in [6.45, 7) is 5.27. The lowest BCUT2D eigenvalue weighted by Gasteiger charge is -2.26. The highest BCUT2D eigenvalue weighted by Crippen LogP contribution is 2.30. The first kappa shape index (κ1) is 19.3. The number of halogens is 3. The molecule has 1 unspecified atom stereocenters. The molecule has 1 aromatic carbocycles. The van der Waals surface area contributed by atoms with Crippen molar-refractivity contribution in [2.45, 2.75) is 38.5 Å². The van der Waals surface area contributed by atoms with Crippen molar-refractivity contribution in [1.82, 2.24) is 10.2 Å². The van der Waals surface area contributed by atoms with Gasteiger partial charge in [-0.3, -0.25) is 0 Å². The lowest BCUT2D eigenvalue weighted by molar-refractivity contribution is -0.137. The van der Waals surface area contributed by atoms with Crippen LogP contribution < -0.4 is 5.32 Å². The molecule has 0 fully saturated rings. The molecule has 0 heterocycles. The lowest BCUT2D eigenvalue weighted by Crippen LogP contribution is -2.45. The van der Waals surface area contributed by atoms with Crippen LogP contribution in [0, 0.1) is 0 Å². The second-order valence-electron chi connectivity index (χ2n) is 6.38. The van der Waals surface area contributed by atoms with E-state index in [0.29, 0.717) is 5.56 Å². The van der Waals surface area contributed by atoms with E-state index in [1.807, 2.05) is 0 Å². The first-order valence-corrected chi connectivity index (χ1v) is 7.28. The molecule has 2 amide bonds. The van der Waals surface area contributed by atoms with Gasteiger partial charge < -0.3 is 15.3 Å². The number of likely N-dealkylation sites (N-methyl/N-ethyl adjacent to an activating group) is 1. The molecule has 0 saturated heterocycles. The zero-order valence-electron chi connectivity index (χ0n) is 13.7. The predicted molar refractivity (Wildman–Crippen MR) is 82.2 cm³/mol. The molecular formula is C16H23F3N2O2. The number of aliphatic hydroxyl groups is 1. The van der Waals surface area contributed by atoms with Crippen LogP contribution in [-0.4, -0.2) is 41.8 Å². The summed E-state index contributed by atoms with van der Waals surface area (Å²) in [5.74, 6) is -0.267. The Hall–Kier alpha value is -1.76. The number of nitrogens with zero attached hydrogens (tertiary/aromatic N) is 1. The van der Waals surface area contributed by atoms with Crippen molar-refractivity contribution in [3.8, 4) is 0 Å². The number of hydrogen-bond donors (Lipinski definition) is 2. The van der Waals surface area contributed by atoms with Gasteiger partial charge in [0.15, 0.2) is 0 Å². The third-order valence-corrected chi connectivity index (χ3v) is 3.31. The quantitative estimate of drug-likeness (QED) is 0.870. The Balaban J connectivity index is 2.63. The summed E-state index contributed by atoms with van der Waals surface area (Å²) < 4.78 is 38.1. The van der Waals surface area contributed by atoms with Gasteiger partial charge in [0.2, 0.25) is 0 Å². The molecule has 0 saturated carbocycles. The monoisotopic (exact) mass is 332 g/mol. The molecule has 1 rings (SSSR count). The fourth-order valence-electron chi connectivity index (χ4n) is 2.17. The summed E-state index contributed by atoms with van der Waals surface area (Å²) in [4.78, 5) is 13.2. The molecule has 0 aliphatic rings. The molecule has 4 nitrogen and oxygen atoms in total. The first-order chi connectivity index (χ1) is 10.4. The molecule has 23 heavy (non-hydrogen) atoms. The van der Waals surface area contributed by atoms with Gasteiger partial charge >= 0.3 is 12.2 Å². The van der Waals surface area contributed by atoms with E-state index >= 15 is 0 Å². The van der Waals surface area contributed by atoms with E-state index < -0.39 is 17.3 Å². The number of nitrogens with one attached hydrogen (secondary N) is 1. The molecule has 7 heteroatoms. The van der Waals surface area contributed by atoms with Crippen LogP contribution in [0.3, 0.4) is 0 Å². The maximum absolute atomic E-state index is 12.7. The van der Waals surface area contributed by atoms with Gasteiger partial charge in [-0.15, -0.1) is 0 Å². The van der Waals surface area contributed by atoms with Gasteiger partial charge in [0, 0.05) is 13.6 Å². The number of amides is 2. The van der Waals surface area contributed by atoms with Gasteiger partial charge in [-0.05, 0) is 31.4 Å². The van der Waals surface area contributed by atoms with Crippen molar-refractivity contribution >= 4 is 6.03 Å². The molecule has 0 radical (unpaired) electrons. The minimum absolute atomic E-state index is 0.150. The van der Waals surface area contributed by atoms with Gasteiger partial charge in [-0.1, -0.05) is 25.1 Å². The number of rotatable bonds is 5. The molecule has 2 N–H and O–H groups in total. The molecule has 130 valence electrons. The Kier molecular flexibility index (Phi) is 6.04. The first-order valence-electron chi connectivity index (χ1n) is 7.28. The summed E-state index contributed by atoms with van der Waals surface area (Å²) in [6, 6.07) is 4.69. The third-order valence-electron chi connectivity index (χ3n) is 3.31. The summed E-state index contributed by atoms with van der Waals surface area (Å²) in [6.07, 6.45) is -4.38. The smallest absolute Gasteiger partial charge is 0.389 e. The second kappa shape index (κ2) is 7.21. The zero-order valence-corrected chi connectivity index (χ0v) is 13.7. The van der Waals surface area contributed by atoms with E-state index in [9.17, 15) is 23.1 Å². The molecule has 0 spiro atoms. The van der Waals surface area contributed by atoms with Crippen LogP contribution in [-0.2, 0) is 6.18 Å². The van der Waals surface area contributed by atoms with E-state index in [1.165, 1.54) is 11.0 Å². The Labute approximate surface area is 134 Å². The number of carbonyl (C=O) groups excluding carboxylic acids is 1. The minimum Gasteiger partial charge on any atom is -0.389 e. The van der Waals surface area contributed by atoms with Crippen molar-refractivity contribution in [3.63, 3.8) is 0 Å². The van der Waals surface area contributed by atoms with Gasteiger partial charge in [0.05, 0.1) is 17.7 Å². The Morgan fingerprint density at radius 3 is 2.48 bits per heavy atom. The van der Waals surface area contributed by atoms with Gasteiger partial charge in [0.1, 0.15) is 0 Å². The van der Waals surface area contributed by atoms with E-state index in [4.69, 9.17) is 0 Å². The van der Waals surface area contributed by atoms with Crippen molar-refractivity contribution in [3.05, 3.63) is 35.4 Å². The number of hydrogen-bond acceptors (Lipinski definition) is 2. The SMILES string of the molecule is CC(CNC(=O)N(C)CC(C)(C)O)c1cccc(C(F)(F)F)c1. The molecule has 1 atom stereocenters. The van der Waals surface area contributed by atoms with Crippen LogP contribution in [0.1, 0.15) is 37.8 Å². The molecule has 0 bridgehead atoms. The van der Waals surface area contributed by atoms with Crippen LogP contribution in [0.4, 0.5) is 18.0 Å². The van der Waals surface area contributed by atoms with Gasteiger partial charge in [-0.25, -0.2) is 4.79 Å². The van der Waals surface area contributed by atoms with Crippen LogP contribution in [0.15, 0.2) is 24.3 Å². The molecule has 1 aromatic rings. The third kappa shape index (κ3) is 6.48. The van der Waals surface area contributed by atoms with Crippen molar-refractivity contribution in [2.24, 2.45) is 0 Å². The average Bonchev–Trinajstić information content (AvgIpc) is 2.41. The summed E-state index contributed by atoms with van der Waals surface area (Å²) in [7, 11) is 1.54. The number of benzene rings is 1. The van der Waals surface area contributed by atoms with E-state index in [-0.39, 0.29) is 25.0 Å². The Morgan fingerprint density at radius 1 is 1.35 bits per heavy atom. The Morgan fingerprint density at radius 2 is 1.96 bits per heavy atom. The lowest BCUT2D eigenvalue weighted by atomic mass is 9.99. The number of alkyl halides is 3. The standard InChI is InChI=1S/C16H23F3N2O2/c1-11(9-20-14(22)21(4)10-15(2,3)23)12-6-5-7-13(8-12)16(17,18)19/h5-8,11,23H,9-10H2,1-4H3,(H,20,22). The molecule has 0 aromatic heterocycles. The normalized spacial score (nSPS) is 13.6. The largest absolute Gasteiger partial charge is 0.416 e. The highest BCUT2D eigenvalue weighted by molar-refractivity contribution is 5.74. The summed E-state index contributed by atoms with van der Waals surface area (Å²) >= 11 is 0. The highest BCUT2D eigenvalue weighted by atomic mass is 19.4. The topological polar surface area (TPSA) is 52.6 Å². The van der Waals surface area contributed by atoms with Crippen molar-refractivity contribution < 1.29 is 23.1 Å². The molecule has 0 aliphatic carbocycles. The van der Waals surface area contributed by atoms with Crippen molar-refractivity contribution in [2.75, 3.05) is 20.1 Å². The fourth-order valence-corrected chi connectivity index (χ4v) is 2.17. The molecular weight excluding hydrogens is 309 g/mol. The van der Waals surface area contributed by atoms with Crippen LogP contribution >= 0.6 is 0 Å². The van der Waals surface area contributed by atoms with Crippen LogP contribution in [0.25, 0.3) is 0 Å². The summed E-state index contributed by atoms with van der Waals surface area (Å²) in [5.41, 5.74) is -1.21. The van der Waals surface area contributed by atoms with Crippen molar-refractivity contribution in [1.29, 1.82) is 0 Å². The average molecular weight is 332 g/mol. The fraction of sp³-hybridized carbons (Fsp3) is 0.562. The molecule has 0 aliphatic heterocycles. The maximum Gasteiger partial charge on any atom is 0.416 e. The van der Waals surface area contributed by atoms with Crippen LogP contribution in [0.5, 0.6) is 0 Å².